The second kappa shape index (κ2) is 8.25. The number of benzene rings is 1. The highest BCUT2D eigenvalue weighted by atomic mass is 16.5. The molecule has 3 nitrogen and oxygen atoms in total. The number of ether oxygens (including phenoxy) is 2. The minimum absolute atomic E-state index is 0.224. The molecule has 0 aliphatic rings. The number of hydrogen-bond donors (Lipinski definition) is 1. The summed E-state index contributed by atoms with van der Waals surface area (Å²) in [7, 11) is 0. The van der Waals surface area contributed by atoms with E-state index >= 15 is 0 Å². The summed E-state index contributed by atoms with van der Waals surface area (Å²) in [6.45, 7) is 7.73. The topological polar surface area (TPSA) is 38.7 Å². The fourth-order valence-electron chi connectivity index (χ4n) is 1.75. The molecule has 0 aliphatic heterocycles. The Bertz CT molecular complexity index is 321. The first-order valence-electron chi connectivity index (χ1n) is 6.65. The van der Waals surface area contributed by atoms with Gasteiger partial charge in [-0.2, -0.15) is 0 Å². The second-order valence-electron chi connectivity index (χ2n) is 4.31. The number of hydrogen-bond acceptors (Lipinski definition) is 3. The predicted molar refractivity (Wildman–Crippen MR) is 72.7 cm³/mol. The Morgan fingerprint density at radius 2 is 1.78 bits per heavy atom. The van der Waals surface area contributed by atoms with Gasteiger partial charge in [0.2, 0.25) is 0 Å². The Labute approximate surface area is 110 Å². The smallest absolute Gasteiger partial charge is 0.105 e. The summed E-state index contributed by atoms with van der Waals surface area (Å²) < 4.78 is 10.7. The third-order valence-corrected chi connectivity index (χ3v) is 2.99. The van der Waals surface area contributed by atoms with Crippen LogP contribution in [0.15, 0.2) is 24.3 Å². The minimum atomic E-state index is -0.586. The number of rotatable bonds is 8. The van der Waals surface area contributed by atoms with Gasteiger partial charge in [-0.15, -0.1) is 0 Å². The summed E-state index contributed by atoms with van der Waals surface area (Å²) in [5.41, 5.74) is 2.17. The van der Waals surface area contributed by atoms with Crippen LogP contribution in [0.5, 0.6) is 0 Å². The van der Waals surface area contributed by atoms with E-state index in [4.69, 9.17) is 9.47 Å². The third kappa shape index (κ3) is 4.77. The maximum atomic E-state index is 10.1. The molecular weight excluding hydrogens is 228 g/mol. The summed E-state index contributed by atoms with van der Waals surface area (Å²) >= 11 is 0. The van der Waals surface area contributed by atoms with Gasteiger partial charge in [-0.25, -0.2) is 0 Å². The van der Waals surface area contributed by atoms with Gasteiger partial charge in [-0.1, -0.05) is 31.2 Å². The molecule has 0 aromatic heterocycles. The quantitative estimate of drug-likeness (QED) is 0.723. The van der Waals surface area contributed by atoms with Crippen LogP contribution in [0.4, 0.5) is 0 Å². The van der Waals surface area contributed by atoms with E-state index < -0.39 is 6.10 Å². The molecule has 0 bridgehead atoms. The van der Waals surface area contributed by atoms with Crippen molar-refractivity contribution < 1.29 is 14.6 Å². The van der Waals surface area contributed by atoms with Crippen molar-refractivity contribution in [2.24, 2.45) is 0 Å². The maximum Gasteiger partial charge on any atom is 0.105 e. The van der Waals surface area contributed by atoms with Crippen LogP contribution in [-0.2, 0) is 15.9 Å². The average molecular weight is 252 g/mol. The Kier molecular flexibility index (Phi) is 6.94. The van der Waals surface area contributed by atoms with Gasteiger partial charge in [0.15, 0.2) is 0 Å². The first-order chi connectivity index (χ1) is 8.69. The standard InChI is InChI=1S/C15H24O3/c1-4-13-6-8-14(9-7-13)15(16)12(3)18-11-10-17-5-2/h6-9,12,15-16H,4-5,10-11H2,1-3H3. The van der Waals surface area contributed by atoms with Crippen molar-refractivity contribution >= 4 is 0 Å². The van der Waals surface area contributed by atoms with Crippen LogP contribution in [-0.4, -0.2) is 31.0 Å². The highest BCUT2D eigenvalue weighted by Crippen LogP contribution is 2.19. The SMILES string of the molecule is CCOCCOC(C)C(O)c1ccc(CC)cc1. The van der Waals surface area contributed by atoms with Gasteiger partial charge in [0.25, 0.3) is 0 Å². The molecule has 1 N–H and O–H groups in total. The average Bonchev–Trinajstić information content (AvgIpc) is 2.42. The van der Waals surface area contributed by atoms with E-state index in [1.54, 1.807) is 0 Å². The van der Waals surface area contributed by atoms with Crippen LogP contribution in [0, 0.1) is 0 Å². The summed E-state index contributed by atoms with van der Waals surface area (Å²) in [5.74, 6) is 0. The van der Waals surface area contributed by atoms with Crippen LogP contribution in [0.25, 0.3) is 0 Å². The van der Waals surface area contributed by atoms with Crippen LogP contribution >= 0.6 is 0 Å². The molecule has 102 valence electrons. The molecule has 0 saturated heterocycles. The maximum absolute atomic E-state index is 10.1. The van der Waals surface area contributed by atoms with E-state index in [1.165, 1.54) is 5.56 Å². The van der Waals surface area contributed by atoms with Crippen LogP contribution in [0.3, 0.4) is 0 Å². The Hall–Kier alpha value is -0.900. The van der Waals surface area contributed by atoms with Crippen LogP contribution < -0.4 is 0 Å². The first kappa shape index (κ1) is 15.2. The lowest BCUT2D eigenvalue weighted by Crippen LogP contribution is -2.21. The highest BCUT2D eigenvalue weighted by molar-refractivity contribution is 5.24. The molecule has 1 aromatic rings. The van der Waals surface area contributed by atoms with Crippen molar-refractivity contribution in [3.05, 3.63) is 35.4 Å². The molecule has 0 heterocycles. The summed E-state index contributed by atoms with van der Waals surface area (Å²) in [4.78, 5) is 0. The van der Waals surface area contributed by atoms with Gasteiger partial charge in [-0.05, 0) is 31.4 Å². The second-order valence-corrected chi connectivity index (χ2v) is 4.31. The normalized spacial score (nSPS) is 14.4. The van der Waals surface area contributed by atoms with Crippen LogP contribution in [0.1, 0.15) is 38.0 Å². The summed E-state index contributed by atoms with van der Waals surface area (Å²) in [6, 6.07) is 8.02. The van der Waals surface area contributed by atoms with Crippen molar-refractivity contribution in [3.8, 4) is 0 Å². The number of aryl methyl sites for hydroxylation is 1. The van der Waals surface area contributed by atoms with E-state index in [1.807, 2.05) is 38.1 Å². The predicted octanol–water partition coefficient (Wildman–Crippen LogP) is 2.72. The molecule has 18 heavy (non-hydrogen) atoms. The van der Waals surface area contributed by atoms with Gasteiger partial charge in [-0.3, -0.25) is 0 Å². The molecule has 1 aromatic carbocycles. The van der Waals surface area contributed by atoms with Crippen molar-refractivity contribution in [1.29, 1.82) is 0 Å². The van der Waals surface area contributed by atoms with E-state index in [0.717, 1.165) is 12.0 Å². The van der Waals surface area contributed by atoms with E-state index in [-0.39, 0.29) is 6.10 Å². The number of aliphatic hydroxyl groups excluding tert-OH is 1. The number of aliphatic hydroxyl groups is 1. The largest absolute Gasteiger partial charge is 0.386 e. The van der Waals surface area contributed by atoms with Crippen molar-refractivity contribution in [3.63, 3.8) is 0 Å². The van der Waals surface area contributed by atoms with E-state index in [9.17, 15) is 5.11 Å². The van der Waals surface area contributed by atoms with Crippen molar-refractivity contribution in [2.75, 3.05) is 19.8 Å². The van der Waals surface area contributed by atoms with Crippen molar-refractivity contribution in [2.45, 2.75) is 39.4 Å². The fraction of sp³-hybridized carbons (Fsp3) is 0.600. The molecule has 0 radical (unpaired) electrons. The zero-order valence-electron chi connectivity index (χ0n) is 11.6. The zero-order chi connectivity index (χ0) is 13.4. The van der Waals surface area contributed by atoms with E-state index in [2.05, 4.69) is 6.92 Å². The van der Waals surface area contributed by atoms with Gasteiger partial charge < -0.3 is 14.6 Å². The summed E-state index contributed by atoms with van der Waals surface area (Å²) in [5, 5.41) is 10.1. The molecule has 1 rings (SSSR count). The van der Waals surface area contributed by atoms with E-state index in [0.29, 0.717) is 19.8 Å². The fourth-order valence-corrected chi connectivity index (χ4v) is 1.75. The highest BCUT2D eigenvalue weighted by Gasteiger charge is 2.16. The van der Waals surface area contributed by atoms with Gasteiger partial charge in [0, 0.05) is 6.61 Å². The molecule has 0 spiro atoms. The third-order valence-electron chi connectivity index (χ3n) is 2.99. The monoisotopic (exact) mass is 252 g/mol. The molecule has 0 amide bonds. The Morgan fingerprint density at radius 3 is 2.33 bits per heavy atom. The molecule has 0 saturated carbocycles. The molecule has 2 atom stereocenters. The molecule has 0 fully saturated rings. The lowest BCUT2D eigenvalue weighted by Gasteiger charge is -2.20. The Morgan fingerprint density at radius 1 is 1.11 bits per heavy atom. The molecule has 2 unspecified atom stereocenters. The van der Waals surface area contributed by atoms with Gasteiger partial charge >= 0.3 is 0 Å². The minimum Gasteiger partial charge on any atom is -0.386 e. The molecular formula is C15H24O3. The zero-order valence-corrected chi connectivity index (χ0v) is 11.6. The molecule has 3 heteroatoms. The van der Waals surface area contributed by atoms with Crippen LogP contribution in [0.2, 0.25) is 0 Å². The molecule has 0 aliphatic carbocycles. The van der Waals surface area contributed by atoms with Gasteiger partial charge in [0.1, 0.15) is 6.10 Å². The summed E-state index contributed by atoms with van der Waals surface area (Å²) in [6.07, 6.45) is 0.201. The van der Waals surface area contributed by atoms with Crippen molar-refractivity contribution in [1.82, 2.24) is 0 Å². The lowest BCUT2D eigenvalue weighted by molar-refractivity contribution is -0.0471. The lowest BCUT2D eigenvalue weighted by atomic mass is 10.0. The Balaban J connectivity index is 2.43. The first-order valence-corrected chi connectivity index (χ1v) is 6.65. The van der Waals surface area contributed by atoms with Gasteiger partial charge in [0.05, 0.1) is 19.3 Å².